The first-order valence-corrected chi connectivity index (χ1v) is 7.50. The highest BCUT2D eigenvalue weighted by molar-refractivity contribution is 9.08. The lowest BCUT2D eigenvalue weighted by Crippen LogP contribution is -2.10. The molecular weight excluding hydrogens is 320 g/mol. The van der Waals surface area contributed by atoms with E-state index in [0.29, 0.717) is 23.3 Å². The Hall–Kier alpha value is -1.88. The first-order chi connectivity index (χ1) is 9.76. The maximum absolute atomic E-state index is 12.1. The highest BCUT2D eigenvalue weighted by Gasteiger charge is 2.20. The van der Waals surface area contributed by atoms with Gasteiger partial charge < -0.3 is 4.74 Å². The van der Waals surface area contributed by atoms with E-state index in [0.717, 1.165) is 16.4 Å². The van der Waals surface area contributed by atoms with E-state index in [1.165, 1.54) is 0 Å². The number of carbonyl (C=O) groups is 1. The highest BCUT2D eigenvalue weighted by Crippen LogP contribution is 2.23. The van der Waals surface area contributed by atoms with E-state index in [9.17, 15) is 4.79 Å². The van der Waals surface area contributed by atoms with Crippen LogP contribution in [0.25, 0.3) is 16.4 Å². The SMILES string of the molecule is CCOC(=O)c1c(CBr)nc2c3ccccc3ccn12. The average molecular weight is 333 g/mol. The second kappa shape index (κ2) is 5.25. The number of imidazole rings is 1. The smallest absolute Gasteiger partial charge is 0.357 e. The second-order valence-electron chi connectivity index (χ2n) is 4.36. The maximum atomic E-state index is 12.1. The number of hydrogen-bond donors (Lipinski definition) is 0. The summed E-state index contributed by atoms with van der Waals surface area (Å²) in [7, 11) is 0. The van der Waals surface area contributed by atoms with Crippen LogP contribution in [0.1, 0.15) is 23.1 Å². The fourth-order valence-electron chi connectivity index (χ4n) is 2.32. The number of nitrogens with zero attached hydrogens (tertiary/aromatic N) is 2. The van der Waals surface area contributed by atoms with Gasteiger partial charge in [-0.25, -0.2) is 9.78 Å². The van der Waals surface area contributed by atoms with Gasteiger partial charge in [-0.2, -0.15) is 0 Å². The molecule has 0 saturated heterocycles. The summed E-state index contributed by atoms with van der Waals surface area (Å²) in [6, 6.07) is 9.96. The van der Waals surface area contributed by atoms with Crippen LogP contribution in [0.4, 0.5) is 0 Å². The Morgan fingerprint density at radius 2 is 2.15 bits per heavy atom. The maximum Gasteiger partial charge on any atom is 0.357 e. The highest BCUT2D eigenvalue weighted by atomic mass is 79.9. The van der Waals surface area contributed by atoms with E-state index in [-0.39, 0.29) is 5.97 Å². The van der Waals surface area contributed by atoms with Gasteiger partial charge in [0, 0.05) is 16.9 Å². The van der Waals surface area contributed by atoms with Crippen molar-refractivity contribution in [3.8, 4) is 0 Å². The van der Waals surface area contributed by atoms with Gasteiger partial charge in [0.2, 0.25) is 0 Å². The van der Waals surface area contributed by atoms with Crippen molar-refractivity contribution in [3.05, 3.63) is 47.9 Å². The van der Waals surface area contributed by atoms with Crippen molar-refractivity contribution in [1.29, 1.82) is 0 Å². The van der Waals surface area contributed by atoms with E-state index < -0.39 is 0 Å². The summed E-state index contributed by atoms with van der Waals surface area (Å²) < 4.78 is 6.93. The number of hydrogen-bond acceptors (Lipinski definition) is 3. The van der Waals surface area contributed by atoms with Gasteiger partial charge in [0.25, 0.3) is 0 Å². The summed E-state index contributed by atoms with van der Waals surface area (Å²) >= 11 is 3.39. The zero-order valence-electron chi connectivity index (χ0n) is 11.0. The molecule has 0 spiro atoms. The van der Waals surface area contributed by atoms with Crippen molar-refractivity contribution in [1.82, 2.24) is 9.38 Å². The normalized spacial score (nSPS) is 11.1. The van der Waals surface area contributed by atoms with E-state index in [4.69, 9.17) is 4.74 Å². The monoisotopic (exact) mass is 332 g/mol. The molecule has 2 heterocycles. The molecule has 0 aliphatic carbocycles. The summed E-state index contributed by atoms with van der Waals surface area (Å²) in [4.78, 5) is 16.7. The Kier molecular flexibility index (Phi) is 3.44. The number of halogens is 1. The van der Waals surface area contributed by atoms with Gasteiger partial charge in [-0.1, -0.05) is 40.2 Å². The quantitative estimate of drug-likeness (QED) is 0.544. The Morgan fingerprint density at radius 3 is 2.90 bits per heavy atom. The molecule has 5 heteroatoms. The first-order valence-electron chi connectivity index (χ1n) is 6.38. The number of alkyl halides is 1. The van der Waals surface area contributed by atoms with Crippen molar-refractivity contribution < 1.29 is 9.53 Å². The van der Waals surface area contributed by atoms with E-state index in [2.05, 4.69) is 20.9 Å². The third-order valence-corrected chi connectivity index (χ3v) is 3.71. The second-order valence-corrected chi connectivity index (χ2v) is 4.92. The summed E-state index contributed by atoms with van der Waals surface area (Å²) in [5, 5.41) is 2.63. The molecule has 20 heavy (non-hydrogen) atoms. The van der Waals surface area contributed by atoms with Crippen LogP contribution in [0.3, 0.4) is 0 Å². The van der Waals surface area contributed by atoms with Crippen LogP contribution in [-0.2, 0) is 10.1 Å². The van der Waals surface area contributed by atoms with Crippen LogP contribution in [0.15, 0.2) is 36.5 Å². The van der Waals surface area contributed by atoms with Gasteiger partial charge in [0.1, 0.15) is 5.65 Å². The lowest BCUT2D eigenvalue weighted by molar-refractivity contribution is 0.0517. The number of esters is 1. The zero-order chi connectivity index (χ0) is 14.1. The molecule has 1 aromatic carbocycles. The van der Waals surface area contributed by atoms with Crippen LogP contribution in [0, 0.1) is 0 Å². The molecule has 0 atom stereocenters. The number of carbonyl (C=O) groups excluding carboxylic acids is 1. The molecule has 4 nitrogen and oxygen atoms in total. The molecule has 3 rings (SSSR count). The van der Waals surface area contributed by atoms with Gasteiger partial charge in [0.15, 0.2) is 5.69 Å². The molecule has 3 aromatic rings. The van der Waals surface area contributed by atoms with Gasteiger partial charge >= 0.3 is 5.97 Å². The number of pyridine rings is 1. The Labute approximate surface area is 124 Å². The molecule has 0 bridgehead atoms. The molecule has 0 aliphatic rings. The molecule has 0 unspecified atom stereocenters. The molecule has 0 N–H and O–H groups in total. The molecule has 2 aromatic heterocycles. The molecule has 0 amide bonds. The number of benzene rings is 1. The van der Waals surface area contributed by atoms with Crippen molar-refractivity contribution in [2.75, 3.05) is 6.61 Å². The molecular formula is C15H13BrN2O2. The number of aromatic nitrogens is 2. The van der Waals surface area contributed by atoms with Crippen LogP contribution in [-0.4, -0.2) is 22.0 Å². The number of fused-ring (bicyclic) bond motifs is 3. The van der Waals surface area contributed by atoms with Gasteiger partial charge in [-0.15, -0.1) is 0 Å². The zero-order valence-corrected chi connectivity index (χ0v) is 12.6. The van der Waals surface area contributed by atoms with Crippen LogP contribution in [0.5, 0.6) is 0 Å². The summed E-state index contributed by atoms with van der Waals surface area (Å²) in [6.45, 7) is 2.14. The lowest BCUT2D eigenvalue weighted by atomic mass is 10.2. The van der Waals surface area contributed by atoms with E-state index >= 15 is 0 Å². The Morgan fingerprint density at radius 1 is 1.35 bits per heavy atom. The predicted molar refractivity (Wildman–Crippen MR) is 81.3 cm³/mol. The van der Waals surface area contributed by atoms with Crippen LogP contribution >= 0.6 is 15.9 Å². The van der Waals surface area contributed by atoms with Gasteiger partial charge in [-0.05, 0) is 18.4 Å². The van der Waals surface area contributed by atoms with Gasteiger partial charge in [-0.3, -0.25) is 4.40 Å². The number of ether oxygens (including phenoxy) is 1. The minimum atomic E-state index is -0.343. The van der Waals surface area contributed by atoms with Crippen molar-refractivity contribution in [3.63, 3.8) is 0 Å². The average Bonchev–Trinajstić information content (AvgIpc) is 2.86. The summed E-state index contributed by atoms with van der Waals surface area (Å²) in [6.07, 6.45) is 1.86. The largest absolute Gasteiger partial charge is 0.461 e. The minimum Gasteiger partial charge on any atom is -0.461 e. The van der Waals surface area contributed by atoms with E-state index in [1.807, 2.05) is 36.5 Å². The molecule has 0 fully saturated rings. The molecule has 0 radical (unpaired) electrons. The van der Waals surface area contributed by atoms with Crippen LogP contribution < -0.4 is 0 Å². The lowest BCUT2D eigenvalue weighted by Gasteiger charge is -2.04. The fraction of sp³-hybridized carbons (Fsp3) is 0.200. The molecule has 102 valence electrons. The molecule has 0 saturated carbocycles. The van der Waals surface area contributed by atoms with Crippen molar-refractivity contribution in [2.24, 2.45) is 0 Å². The van der Waals surface area contributed by atoms with Crippen LogP contribution in [0.2, 0.25) is 0 Å². The predicted octanol–water partition coefficient (Wildman–Crippen LogP) is 3.56. The van der Waals surface area contributed by atoms with Crippen molar-refractivity contribution in [2.45, 2.75) is 12.3 Å². The standard InChI is InChI=1S/C15H13BrN2O2/c1-2-20-15(19)13-12(9-16)17-14-11-6-4-3-5-10(11)7-8-18(13)14/h3-8H,2,9H2,1H3. The summed E-state index contributed by atoms with van der Waals surface area (Å²) in [5.74, 6) is -0.343. The Bertz CT molecular complexity index is 795. The van der Waals surface area contributed by atoms with Crippen molar-refractivity contribution >= 4 is 38.3 Å². The first kappa shape index (κ1) is 13.1. The third-order valence-electron chi connectivity index (χ3n) is 3.18. The number of rotatable bonds is 3. The third kappa shape index (κ3) is 1.98. The Balaban J connectivity index is 2.34. The van der Waals surface area contributed by atoms with E-state index in [1.54, 1.807) is 11.3 Å². The fourth-order valence-corrected chi connectivity index (χ4v) is 2.72. The summed E-state index contributed by atoms with van der Waals surface area (Å²) in [5.41, 5.74) is 1.96. The minimum absolute atomic E-state index is 0.343. The topological polar surface area (TPSA) is 43.6 Å². The van der Waals surface area contributed by atoms with Gasteiger partial charge in [0.05, 0.1) is 12.3 Å². The molecule has 0 aliphatic heterocycles.